The Labute approximate surface area is 130 Å². The van der Waals surface area contributed by atoms with Crippen LogP contribution in [-0.4, -0.2) is 37.0 Å². The zero-order valence-electron chi connectivity index (χ0n) is 12.8. The summed E-state index contributed by atoms with van der Waals surface area (Å²) in [6.07, 6.45) is 4.93. The fraction of sp³-hybridized carbons (Fsp3) is 0.588. The minimum absolute atomic E-state index is 0.0648. The summed E-state index contributed by atoms with van der Waals surface area (Å²) in [5.74, 6) is 0.596. The van der Waals surface area contributed by atoms with Crippen molar-refractivity contribution in [2.75, 3.05) is 19.6 Å². The van der Waals surface area contributed by atoms with Crippen molar-refractivity contribution in [1.82, 2.24) is 10.2 Å². The number of nitrogens with zero attached hydrogens (tertiary/aromatic N) is 1. The van der Waals surface area contributed by atoms with Gasteiger partial charge in [-0.25, -0.2) is 4.39 Å². The van der Waals surface area contributed by atoms with E-state index in [4.69, 9.17) is 4.74 Å². The van der Waals surface area contributed by atoms with E-state index in [1.165, 1.54) is 12.8 Å². The summed E-state index contributed by atoms with van der Waals surface area (Å²) in [7, 11) is 0. The largest absolute Gasteiger partial charge is 0.487 e. The Hall–Kier alpha value is -1.62. The van der Waals surface area contributed by atoms with Gasteiger partial charge in [-0.1, -0.05) is 12.1 Å². The van der Waals surface area contributed by atoms with Crippen LogP contribution in [0.15, 0.2) is 18.2 Å². The van der Waals surface area contributed by atoms with Gasteiger partial charge in [0.15, 0.2) is 11.6 Å². The molecule has 0 aromatic heterocycles. The van der Waals surface area contributed by atoms with E-state index >= 15 is 0 Å². The predicted octanol–water partition coefficient (Wildman–Crippen LogP) is 2.32. The number of likely N-dealkylation sites (tertiary alicyclic amines) is 1. The molecule has 0 unspecified atom stereocenters. The van der Waals surface area contributed by atoms with E-state index in [-0.39, 0.29) is 11.9 Å². The van der Waals surface area contributed by atoms with Crippen LogP contribution in [0.25, 0.3) is 0 Å². The van der Waals surface area contributed by atoms with Crippen molar-refractivity contribution in [2.45, 2.75) is 38.3 Å². The first-order valence-corrected chi connectivity index (χ1v) is 8.09. The molecule has 0 atom stereocenters. The maximum absolute atomic E-state index is 14.5. The van der Waals surface area contributed by atoms with Crippen molar-refractivity contribution in [1.29, 1.82) is 0 Å². The summed E-state index contributed by atoms with van der Waals surface area (Å²) >= 11 is 0. The second-order valence-electron chi connectivity index (χ2n) is 6.32. The van der Waals surface area contributed by atoms with Crippen LogP contribution in [-0.2, 0) is 11.3 Å². The maximum atomic E-state index is 14.5. The molecule has 120 valence electrons. The summed E-state index contributed by atoms with van der Waals surface area (Å²) < 4.78 is 20.3. The molecule has 1 saturated carbocycles. The molecule has 1 aromatic carbocycles. The zero-order valence-corrected chi connectivity index (χ0v) is 12.8. The standard InChI is InChI=1S/C17H23FN2O2/c18-17-14(11-20-6-1-2-7-20)4-3-5-16(17)22-15-8-13(9-15)10-19-12-21/h3-5,12-13,15H,1-2,6-11H2,(H,19,21). The molecule has 1 aromatic rings. The molecule has 3 rings (SSSR count). The molecular formula is C17H23FN2O2. The summed E-state index contributed by atoms with van der Waals surface area (Å²) in [5, 5.41) is 2.68. The molecule has 1 aliphatic carbocycles. The molecule has 1 saturated heterocycles. The van der Waals surface area contributed by atoms with Crippen molar-refractivity contribution in [3.63, 3.8) is 0 Å². The highest BCUT2D eigenvalue weighted by Gasteiger charge is 2.31. The fourth-order valence-electron chi connectivity index (χ4n) is 3.28. The Morgan fingerprint density at radius 2 is 2.09 bits per heavy atom. The van der Waals surface area contributed by atoms with Crippen molar-refractivity contribution >= 4 is 6.41 Å². The monoisotopic (exact) mass is 306 g/mol. The van der Waals surface area contributed by atoms with E-state index in [1.807, 2.05) is 12.1 Å². The van der Waals surface area contributed by atoms with E-state index in [2.05, 4.69) is 10.2 Å². The number of carbonyl (C=O) groups is 1. The number of amides is 1. The van der Waals surface area contributed by atoms with Gasteiger partial charge >= 0.3 is 0 Å². The van der Waals surface area contributed by atoms with E-state index in [9.17, 15) is 9.18 Å². The molecule has 2 fully saturated rings. The van der Waals surface area contributed by atoms with Crippen LogP contribution in [0.4, 0.5) is 4.39 Å². The molecule has 5 heteroatoms. The fourth-order valence-corrected chi connectivity index (χ4v) is 3.28. The highest BCUT2D eigenvalue weighted by atomic mass is 19.1. The second-order valence-corrected chi connectivity index (χ2v) is 6.32. The van der Waals surface area contributed by atoms with Gasteiger partial charge in [0.25, 0.3) is 0 Å². The topological polar surface area (TPSA) is 41.6 Å². The van der Waals surface area contributed by atoms with Crippen LogP contribution >= 0.6 is 0 Å². The molecule has 1 aliphatic heterocycles. The normalized spacial score (nSPS) is 24.8. The van der Waals surface area contributed by atoms with Gasteiger partial charge in [-0.2, -0.15) is 0 Å². The Morgan fingerprint density at radius 3 is 2.82 bits per heavy atom. The lowest BCUT2D eigenvalue weighted by molar-refractivity contribution is -0.110. The van der Waals surface area contributed by atoms with Crippen LogP contribution < -0.4 is 10.1 Å². The van der Waals surface area contributed by atoms with Gasteiger partial charge in [0, 0.05) is 18.7 Å². The SMILES string of the molecule is O=CNCC1CC(Oc2cccc(CN3CCCC3)c2F)C1. The Balaban J connectivity index is 1.54. The van der Waals surface area contributed by atoms with E-state index in [0.29, 0.717) is 24.8 Å². The van der Waals surface area contributed by atoms with Gasteiger partial charge in [-0.3, -0.25) is 9.69 Å². The molecule has 4 nitrogen and oxygen atoms in total. The quantitative estimate of drug-likeness (QED) is 0.786. The van der Waals surface area contributed by atoms with Crippen molar-refractivity contribution in [3.05, 3.63) is 29.6 Å². The molecular weight excluding hydrogens is 283 g/mol. The van der Waals surface area contributed by atoms with Crippen LogP contribution in [0, 0.1) is 11.7 Å². The molecule has 1 N–H and O–H groups in total. The average molecular weight is 306 g/mol. The summed E-state index contributed by atoms with van der Waals surface area (Å²) in [6.45, 7) is 3.46. The molecule has 2 aliphatic rings. The summed E-state index contributed by atoms with van der Waals surface area (Å²) in [6, 6.07) is 5.42. The first kappa shape index (κ1) is 15.3. The lowest BCUT2D eigenvalue weighted by Crippen LogP contribution is -2.39. The summed E-state index contributed by atoms with van der Waals surface area (Å²) in [4.78, 5) is 12.5. The van der Waals surface area contributed by atoms with E-state index in [1.54, 1.807) is 6.07 Å². The molecule has 1 amide bonds. The highest BCUT2D eigenvalue weighted by Crippen LogP contribution is 2.32. The lowest BCUT2D eigenvalue weighted by Gasteiger charge is -2.35. The van der Waals surface area contributed by atoms with Crippen LogP contribution in [0.1, 0.15) is 31.2 Å². The third-order valence-corrected chi connectivity index (χ3v) is 4.61. The smallest absolute Gasteiger partial charge is 0.207 e. The Morgan fingerprint density at radius 1 is 1.32 bits per heavy atom. The molecule has 22 heavy (non-hydrogen) atoms. The predicted molar refractivity (Wildman–Crippen MR) is 82.1 cm³/mol. The Bertz CT molecular complexity index is 511. The third-order valence-electron chi connectivity index (χ3n) is 4.61. The lowest BCUT2D eigenvalue weighted by atomic mass is 9.82. The summed E-state index contributed by atoms with van der Waals surface area (Å²) in [5.41, 5.74) is 0.720. The average Bonchev–Trinajstić information content (AvgIpc) is 2.98. The third kappa shape index (κ3) is 3.58. The number of hydrogen-bond donors (Lipinski definition) is 1. The van der Waals surface area contributed by atoms with Crippen LogP contribution in [0.5, 0.6) is 5.75 Å². The maximum Gasteiger partial charge on any atom is 0.207 e. The van der Waals surface area contributed by atoms with Crippen LogP contribution in [0.3, 0.4) is 0 Å². The number of rotatable bonds is 7. The van der Waals surface area contributed by atoms with Gasteiger partial charge in [-0.05, 0) is 50.8 Å². The molecule has 0 radical (unpaired) electrons. The minimum atomic E-state index is -0.219. The van der Waals surface area contributed by atoms with E-state index < -0.39 is 0 Å². The van der Waals surface area contributed by atoms with Gasteiger partial charge in [0.1, 0.15) is 0 Å². The van der Waals surface area contributed by atoms with Gasteiger partial charge < -0.3 is 10.1 Å². The van der Waals surface area contributed by atoms with Gasteiger partial charge in [-0.15, -0.1) is 0 Å². The number of hydrogen-bond acceptors (Lipinski definition) is 3. The van der Waals surface area contributed by atoms with Gasteiger partial charge in [0.2, 0.25) is 6.41 Å². The first-order valence-electron chi connectivity index (χ1n) is 8.09. The highest BCUT2D eigenvalue weighted by molar-refractivity contribution is 5.45. The first-order chi connectivity index (χ1) is 10.8. The van der Waals surface area contributed by atoms with E-state index in [0.717, 1.165) is 37.9 Å². The van der Waals surface area contributed by atoms with Crippen molar-refractivity contribution in [3.8, 4) is 5.75 Å². The molecule has 0 bridgehead atoms. The molecule has 1 heterocycles. The second kappa shape index (κ2) is 7.09. The number of nitrogens with one attached hydrogen (secondary N) is 1. The van der Waals surface area contributed by atoms with Crippen molar-refractivity contribution < 1.29 is 13.9 Å². The van der Waals surface area contributed by atoms with Gasteiger partial charge in [0.05, 0.1) is 6.10 Å². The van der Waals surface area contributed by atoms with Crippen LogP contribution in [0.2, 0.25) is 0 Å². The number of benzene rings is 1. The van der Waals surface area contributed by atoms with Crippen molar-refractivity contribution in [2.24, 2.45) is 5.92 Å². The molecule has 0 spiro atoms. The minimum Gasteiger partial charge on any atom is -0.487 e. The number of carbonyl (C=O) groups excluding carboxylic acids is 1. The zero-order chi connectivity index (χ0) is 15.4. The number of ether oxygens (including phenoxy) is 1. The Kier molecular flexibility index (Phi) is 4.93. The number of halogens is 1.